The summed E-state index contributed by atoms with van der Waals surface area (Å²) in [6, 6.07) is 5.83. The number of hydrogen-bond donors (Lipinski definition) is 4. The molecule has 7 N–H and O–H groups in total. The predicted octanol–water partition coefficient (Wildman–Crippen LogP) is 0.341. The van der Waals surface area contributed by atoms with Gasteiger partial charge in [0, 0.05) is 5.69 Å². The molecule has 1 aromatic heterocycles. The highest BCUT2D eigenvalue weighted by atomic mass is 35.5. The van der Waals surface area contributed by atoms with Gasteiger partial charge in [-0.1, -0.05) is 35.3 Å². The van der Waals surface area contributed by atoms with Crippen LogP contribution in [0.15, 0.2) is 39.1 Å². The lowest BCUT2D eigenvalue weighted by molar-refractivity contribution is -0.122. The molecule has 1 heterocycles. The fraction of sp³-hybridized carbons (Fsp3) is 0.278. The highest BCUT2D eigenvalue weighted by Crippen LogP contribution is 2.29. The van der Waals surface area contributed by atoms with Crippen molar-refractivity contribution in [1.82, 2.24) is 9.88 Å². The van der Waals surface area contributed by atoms with Gasteiger partial charge in [-0.15, -0.1) is 0 Å². The van der Waals surface area contributed by atoms with E-state index >= 15 is 0 Å². The maximum absolute atomic E-state index is 13.0. The van der Waals surface area contributed by atoms with Gasteiger partial charge in [-0.2, -0.15) is 0 Å². The normalized spacial score (nSPS) is 11.1. The van der Waals surface area contributed by atoms with Crippen molar-refractivity contribution in [2.45, 2.75) is 24.1 Å². The number of benzene rings is 1. The van der Waals surface area contributed by atoms with E-state index in [1.165, 1.54) is 31.2 Å². The summed E-state index contributed by atoms with van der Waals surface area (Å²) in [6.45, 7) is 1.13. The number of pyridine rings is 1. The first-order valence-corrected chi connectivity index (χ1v) is 11.5. The summed E-state index contributed by atoms with van der Waals surface area (Å²) in [4.78, 5) is 29.3. The van der Waals surface area contributed by atoms with Crippen molar-refractivity contribution in [3.05, 3.63) is 55.9 Å². The lowest BCUT2D eigenvalue weighted by Gasteiger charge is -2.15. The minimum absolute atomic E-state index is 0.0146. The Kier molecular flexibility index (Phi) is 8.36. The van der Waals surface area contributed by atoms with Gasteiger partial charge in [0.25, 0.3) is 5.56 Å². The van der Waals surface area contributed by atoms with Gasteiger partial charge in [0.2, 0.25) is 11.9 Å². The third-order valence-electron chi connectivity index (χ3n) is 4.17. The van der Waals surface area contributed by atoms with Crippen LogP contribution in [0.5, 0.6) is 0 Å². The smallest absolute Gasteiger partial charge is 0.272 e. The predicted molar refractivity (Wildman–Crippen MR) is 122 cm³/mol. The van der Waals surface area contributed by atoms with Crippen molar-refractivity contribution in [3.8, 4) is 0 Å². The fourth-order valence-corrected chi connectivity index (χ4v) is 4.83. The summed E-state index contributed by atoms with van der Waals surface area (Å²) >= 11 is 12.0. The van der Waals surface area contributed by atoms with Crippen LogP contribution in [0.1, 0.15) is 11.3 Å². The number of amides is 1. The molecule has 0 aliphatic heterocycles. The monoisotopic (exact) mass is 504 g/mol. The van der Waals surface area contributed by atoms with Crippen molar-refractivity contribution < 1.29 is 18.0 Å². The minimum atomic E-state index is -4.21. The summed E-state index contributed by atoms with van der Waals surface area (Å²) in [7, 11) is -4.21. The lowest BCUT2D eigenvalue weighted by Crippen LogP contribution is -2.37. The number of nitrogen functional groups attached to an aromatic ring is 1. The van der Waals surface area contributed by atoms with Crippen LogP contribution >= 0.6 is 23.2 Å². The number of guanidine groups is 1. The molecule has 2 aromatic rings. The molecule has 0 radical (unpaired) electrons. The molecular formula is C18H22Cl2N6O5S. The van der Waals surface area contributed by atoms with Crippen LogP contribution in [0.25, 0.3) is 0 Å². The van der Waals surface area contributed by atoms with E-state index in [4.69, 9.17) is 45.2 Å². The summed E-state index contributed by atoms with van der Waals surface area (Å²) in [6.07, 6.45) is 0. The molecule has 174 valence electrons. The second-order valence-corrected chi connectivity index (χ2v) is 9.34. The van der Waals surface area contributed by atoms with Crippen LogP contribution in [0, 0.1) is 6.92 Å². The van der Waals surface area contributed by atoms with Crippen LogP contribution in [-0.2, 0) is 31.8 Å². The van der Waals surface area contributed by atoms with E-state index in [-0.39, 0.29) is 40.4 Å². The van der Waals surface area contributed by atoms with Crippen molar-refractivity contribution in [2.75, 3.05) is 18.9 Å². The molecule has 1 aromatic carbocycles. The number of halogens is 2. The zero-order valence-electron chi connectivity index (χ0n) is 17.0. The molecule has 0 aliphatic rings. The molecule has 1 amide bonds. The first-order valence-electron chi connectivity index (χ1n) is 9.07. The van der Waals surface area contributed by atoms with Gasteiger partial charge < -0.3 is 31.9 Å². The largest absolute Gasteiger partial charge is 0.397 e. The third kappa shape index (κ3) is 6.28. The number of sulfone groups is 1. The van der Waals surface area contributed by atoms with Crippen molar-refractivity contribution in [2.24, 2.45) is 16.6 Å². The topological polar surface area (TPSA) is 185 Å². The average Bonchev–Trinajstić information content (AvgIpc) is 2.67. The quantitative estimate of drug-likeness (QED) is 0.163. The zero-order valence-corrected chi connectivity index (χ0v) is 19.3. The van der Waals surface area contributed by atoms with E-state index in [9.17, 15) is 18.0 Å². The van der Waals surface area contributed by atoms with Gasteiger partial charge >= 0.3 is 0 Å². The van der Waals surface area contributed by atoms with E-state index in [0.29, 0.717) is 5.69 Å². The van der Waals surface area contributed by atoms with Crippen LogP contribution in [0.3, 0.4) is 0 Å². The molecule has 11 nitrogen and oxygen atoms in total. The van der Waals surface area contributed by atoms with E-state index in [0.717, 1.165) is 4.57 Å². The number of aryl methyl sites for hydroxylation is 1. The van der Waals surface area contributed by atoms with Gasteiger partial charge in [-0.25, -0.2) is 8.42 Å². The fourth-order valence-electron chi connectivity index (χ4n) is 2.78. The minimum Gasteiger partial charge on any atom is -0.397 e. The highest BCUT2D eigenvalue weighted by molar-refractivity contribution is 7.90. The Morgan fingerprint density at radius 2 is 1.97 bits per heavy atom. The van der Waals surface area contributed by atoms with Crippen molar-refractivity contribution in [1.29, 1.82) is 0 Å². The first kappa shape index (κ1) is 25.3. The molecule has 14 heteroatoms. The molecule has 0 bridgehead atoms. The highest BCUT2D eigenvalue weighted by Gasteiger charge is 2.26. The average molecular weight is 505 g/mol. The number of anilines is 1. The Morgan fingerprint density at radius 1 is 1.28 bits per heavy atom. The molecule has 0 unspecified atom stereocenters. The maximum Gasteiger partial charge on any atom is 0.272 e. The van der Waals surface area contributed by atoms with Crippen molar-refractivity contribution in [3.63, 3.8) is 0 Å². The number of nitrogens with zero attached hydrogens (tertiary/aromatic N) is 2. The molecule has 0 atom stereocenters. The van der Waals surface area contributed by atoms with Crippen LogP contribution in [0.4, 0.5) is 5.69 Å². The van der Waals surface area contributed by atoms with Crippen LogP contribution in [-0.4, -0.2) is 38.0 Å². The Labute approximate surface area is 194 Å². The number of hydrogen-bond acceptors (Lipinski definition) is 7. The molecular weight excluding hydrogens is 483 g/mol. The first-order chi connectivity index (χ1) is 14.9. The lowest BCUT2D eigenvalue weighted by atomic mass is 10.2. The van der Waals surface area contributed by atoms with Gasteiger partial charge in [0.05, 0.1) is 28.0 Å². The number of oxime groups is 1. The van der Waals surface area contributed by atoms with E-state index in [2.05, 4.69) is 10.5 Å². The van der Waals surface area contributed by atoms with Gasteiger partial charge in [-0.3, -0.25) is 9.59 Å². The third-order valence-corrected chi connectivity index (χ3v) is 6.75. The standard InChI is InChI=1S/C18H22Cl2N6O5S/c1-10-7-13(21)16(32(29,30)9-11-3-2-4-12(19)15(11)20)17(28)26(10)8-14(27)24-5-6-31-25-18(22)23/h2-4,7H,5-6,8-9,21H2,1H3,(H,24,27)(H4,22,23,25). The summed E-state index contributed by atoms with van der Waals surface area (Å²) in [5.41, 5.74) is 15.4. The van der Waals surface area contributed by atoms with Crippen LogP contribution < -0.4 is 28.1 Å². The zero-order chi connectivity index (χ0) is 24.1. The SMILES string of the molecule is Cc1cc(N)c(S(=O)(=O)Cc2cccc(Cl)c2Cl)c(=O)n1CC(=O)NCCON=C(N)N. The number of carbonyl (C=O) groups is 1. The Hall–Kier alpha value is -2.96. The van der Waals surface area contributed by atoms with Gasteiger partial charge in [-0.05, 0) is 29.8 Å². The maximum atomic E-state index is 13.0. The Balaban J connectivity index is 2.28. The molecule has 0 saturated heterocycles. The Morgan fingerprint density at radius 3 is 2.62 bits per heavy atom. The number of carbonyl (C=O) groups excluding carboxylic acids is 1. The molecule has 0 aliphatic carbocycles. The Bertz CT molecular complexity index is 1210. The molecule has 0 spiro atoms. The second kappa shape index (κ2) is 10.6. The summed E-state index contributed by atoms with van der Waals surface area (Å²) in [5, 5.41) is 6.03. The molecule has 2 rings (SSSR count). The van der Waals surface area contributed by atoms with Gasteiger partial charge in [0.15, 0.2) is 14.7 Å². The van der Waals surface area contributed by atoms with E-state index in [1.807, 2.05) is 0 Å². The number of aromatic nitrogens is 1. The number of nitrogens with one attached hydrogen (secondary N) is 1. The van der Waals surface area contributed by atoms with E-state index < -0.39 is 38.5 Å². The molecule has 0 fully saturated rings. The number of rotatable bonds is 9. The van der Waals surface area contributed by atoms with E-state index in [1.54, 1.807) is 0 Å². The number of nitrogens with two attached hydrogens (primary N) is 3. The second-order valence-electron chi connectivity index (χ2n) is 6.63. The van der Waals surface area contributed by atoms with Crippen LogP contribution in [0.2, 0.25) is 10.0 Å². The van der Waals surface area contributed by atoms with Crippen molar-refractivity contribution >= 4 is 50.6 Å². The summed E-state index contributed by atoms with van der Waals surface area (Å²) in [5.74, 6) is -1.42. The van der Waals surface area contributed by atoms with Gasteiger partial charge in [0.1, 0.15) is 13.2 Å². The molecule has 0 saturated carbocycles. The summed E-state index contributed by atoms with van der Waals surface area (Å²) < 4.78 is 27.0. The molecule has 32 heavy (non-hydrogen) atoms.